The molecule has 13 heteroatoms. The van der Waals surface area contributed by atoms with Crippen molar-refractivity contribution in [2.45, 2.75) is 11.1 Å². The predicted molar refractivity (Wildman–Crippen MR) is 146 cm³/mol. The quantitative estimate of drug-likeness (QED) is 0.204. The summed E-state index contributed by atoms with van der Waals surface area (Å²) >= 11 is 0. The Bertz CT molecular complexity index is 1830. The number of carbonyl (C=O) groups is 2. The maximum Gasteiger partial charge on any atom is 0.416 e. The van der Waals surface area contributed by atoms with Gasteiger partial charge in [-0.1, -0.05) is 24.3 Å². The van der Waals surface area contributed by atoms with Crippen molar-refractivity contribution in [3.05, 3.63) is 113 Å². The topological polar surface area (TPSA) is 84.0 Å². The van der Waals surface area contributed by atoms with E-state index < -0.39 is 38.3 Å². The average Bonchev–Trinajstić information content (AvgIpc) is 3.21. The van der Waals surface area contributed by atoms with Crippen molar-refractivity contribution in [1.29, 1.82) is 0 Å². The molecule has 0 saturated heterocycles. The zero-order valence-electron chi connectivity index (χ0n) is 22.2. The Hall–Kier alpha value is -4.78. The zero-order valence-corrected chi connectivity index (χ0v) is 23.0. The van der Waals surface area contributed by atoms with Crippen LogP contribution in [0, 0.1) is 11.6 Å². The highest BCUT2D eigenvalue weighted by Gasteiger charge is 2.35. The second-order valence-electron chi connectivity index (χ2n) is 9.47. The Balaban J connectivity index is 0.000000255. The second kappa shape index (κ2) is 11.1. The number of fused-ring (bicyclic) bond motifs is 2. The summed E-state index contributed by atoms with van der Waals surface area (Å²) in [6, 6.07) is 17.2. The number of imide groups is 1. The first-order chi connectivity index (χ1) is 20.3. The number of sulfonamides is 1. The summed E-state index contributed by atoms with van der Waals surface area (Å²) in [5.41, 5.74) is 0.0211. The Labute approximate surface area is 242 Å². The molecule has 0 aromatic heterocycles. The lowest BCUT2D eigenvalue weighted by molar-refractivity contribution is -0.137. The maximum absolute atomic E-state index is 14.2. The normalized spacial score (nSPS) is 14.5. The number of alkyl halides is 3. The molecule has 0 N–H and O–H groups in total. The van der Waals surface area contributed by atoms with Gasteiger partial charge in [0.25, 0.3) is 21.8 Å². The highest BCUT2D eigenvalue weighted by Crippen LogP contribution is 2.40. The van der Waals surface area contributed by atoms with E-state index in [1.54, 1.807) is 24.3 Å². The van der Waals surface area contributed by atoms with Crippen LogP contribution in [0.25, 0.3) is 11.1 Å². The summed E-state index contributed by atoms with van der Waals surface area (Å²) in [6.45, 7) is -0.195. The highest BCUT2D eigenvalue weighted by atomic mass is 32.2. The Morgan fingerprint density at radius 2 is 1.47 bits per heavy atom. The molecule has 2 aliphatic rings. The molecule has 222 valence electrons. The van der Waals surface area contributed by atoms with E-state index in [4.69, 9.17) is 4.74 Å². The number of anilines is 1. The van der Waals surface area contributed by atoms with Crippen molar-refractivity contribution >= 4 is 27.5 Å². The van der Waals surface area contributed by atoms with Crippen molar-refractivity contribution in [2.24, 2.45) is 0 Å². The first-order valence-electron chi connectivity index (χ1n) is 12.6. The smallest absolute Gasteiger partial charge is 0.416 e. The van der Waals surface area contributed by atoms with Gasteiger partial charge in [0.05, 0.1) is 33.8 Å². The van der Waals surface area contributed by atoms with Gasteiger partial charge in [0.2, 0.25) is 0 Å². The van der Waals surface area contributed by atoms with Crippen molar-refractivity contribution < 1.29 is 44.7 Å². The number of nitrogens with zero attached hydrogens (tertiary/aromatic N) is 2. The van der Waals surface area contributed by atoms with Gasteiger partial charge in [-0.2, -0.15) is 13.2 Å². The summed E-state index contributed by atoms with van der Waals surface area (Å²) in [5.74, 6) is -1.67. The van der Waals surface area contributed by atoms with E-state index >= 15 is 0 Å². The van der Waals surface area contributed by atoms with E-state index in [1.807, 2.05) is 0 Å². The lowest BCUT2D eigenvalue weighted by Crippen LogP contribution is -2.38. The van der Waals surface area contributed by atoms with Crippen LogP contribution >= 0.6 is 0 Å². The lowest BCUT2D eigenvalue weighted by atomic mass is 10.0. The molecule has 0 aliphatic carbocycles. The van der Waals surface area contributed by atoms with Crippen molar-refractivity contribution in [3.8, 4) is 16.9 Å². The van der Waals surface area contributed by atoms with Gasteiger partial charge in [0.1, 0.15) is 24.0 Å². The number of ether oxygens (including phenoxy) is 1. The van der Waals surface area contributed by atoms with Crippen molar-refractivity contribution in [3.63, 3.8) is 0 Å². The van der Waals surface area contributed by atoms with Crippen LogP contribution in [0.5, 0.6) is 5.75 Å². The van der Waals surface area contributed by atoms with Crippen LogP contribution in [0.1, 0.15) is 26.3 Å². The van der Waals surface area contributed by atoms with Crippen LogP contribution in [0.3, 0.4) is 0 Å². The maximum atomic E-state index is 14.2. The first kappa shape index (κ1) is 29.7. The molecule has 2 amide bonds. The van der Waals surface area contributed by atoms with Crippen molar-refractivity contribution in [1.82, 2.24) is 4.90 Å². The van der Waals surface area contributed by atoms with Crippen LogP contribution in [0.4, 0.5) is 27.6 Å². The van der Waals surface area contributed by atoms with Crippen LogP contribution in [0.2, 0.25) is 0 Å². The molecule has 6 rings (SSSR count). The molecule has 4 aromatic carbocycles. The third-order valence-corrected chi connectivity index (χ3v) is 8.57. The van der Waals surface area contributed by atoms with Gasteiger partial charge < -0.3 is 4.74 Å². The van der Waals surface area contributed by atoms with Crippen LogP contribution in [-0.4, -0.2) is 45.3 Å². The number of halogens is 5. The molecule has 0 fully saturated rings. The average molecular weight is 617 g/mol. The molecule has 4 aromatic rings. The van der Waals surface area contributed by atoms with Gasteiger partial charge >= 0.3 is 6.18 Å². The number of rotatable bonds is 3. The number of hydrogen-bond acceptors (Lipinski definition) is 5. The third-order valence-electron chi connectivity index (χ3n) is 6.77. The van der Waals surface area contributed by atoms with E-state index in [2.05, 4.69) is 0 Å². The molecule has 0 spiro atoms. The monoisotopic (exact) mass is 616 g/mol. The van der Waals surface area contributed by atoms with Gasteiger partial charge in [-0.25, -0.2) is 17.2 Å². The van der Waals surface area contributed by atoms with Crippen molar-refractivity contribution in [2.75, 3.05) is 24.5 Å². The van der Waals surface area contributed by atoms with Gasteiger partial charge in [-0.15, -0.1) is 0 Å². The van der Waals surface area contributed by atoms with Crippen LogP contribution in [0.15, 0.2) is 89.8 Å². The molecule has 0 unspecified atom stereocenters. The molecule has 0 radical (unpaired) electrons. The molecule has 43 heavy (non-hydrogen) atoms. The van der Waals surface area contributed by atoms with Gasteiger partial charge in [-0.05, 0) is 66.2 Å². The summed E-state index contributed by atoms with van der Waals surface area (Å²) in [7, 11) is -2.90. The second-order valence-corrected chi connectivity index (χ2v) is 11.3. The van der Waals surface area contributed by atoms with E-state index in [0.717, 1.165) is 45.6 Å². The minimum Gasteiger partial charge on any atom is -0.489 e. The molecule has 7 nitrogen and oxygen atoms in total. The van der Waals surface area contributed by atoms with Gasteiger partial charge in [0, 0.05) is 12.6 Å². The number of amides is 2. The molecule has 0 bridgehead atoms. The fraction of sp³-hybridized carbons (Fsp3) is 0.133. The van der Waals surface area contributed by atoms with Gasteiger partial charge in [-0.3, -0.25) is 18.8 Å². The van der Waals surface area contributed by atoms with Crippen LogP contribution < -0.4 is 9.04 Å². The summed E-state index contributed by atoms with van der Waals surface area (Å²) in [5, 5.41) is 0. The fourth-order valence-corrected chi connectivity index (χ4v) is 6.10. The largest absolute Gasteiger partial charge is 0.489 e. The predicted octanol–water partition coefficient (Wildman–Crippen LogP) is 6.15. The first-order valence-corrected chi connectivity index (χ1v) is 14.1. The Kier molecular flexibility index (Phi) is 7.69. The minimum absolute atomic E-state index is 0.0184. The Morgan fingerprint density at radius 3 is 2.12 bits per heavy atom. The van der Waals surface area contributed by atoms with E-state index in [1.165, 1.54) is 25.2 Å². The lowest BCUT2D eigenvalue weighted by Gasteiger charge is -2.31. The summed E-state index contributed by atoms with van der Waals surface area (Å²) < 4.78 is 99.7. The fourth-order valence-electron chi connectivity index (χ4n) is 4.60. The molecular weight excluding hydrogens is 595 g/mol. The number of benzene rings is 4. The standard InChI is InChI=1S/C21H14F5NO3S.C9H7NO2/c22-15-5-6-18(23)17(12-15)13-4-7-20-19(10-13)27(8-9-30-20)31(28,29)16-3-1-2-14(11-16)21(24,25)26;1-10-8(11)6-4-2-3-5-7(6)9(10)12/h1-7,10-12H,8-9H2;2-5H,1H3. The Morgan fingerprint density at radius 1 is 0.791 bits per heavy atom. The number of carbonyl (C=O) groups excluding carboxylic acids is 2. The summed E-state index contributed by atoms with van der Waals surface area (Å²) in [4.78, 5) is 23.2. The number of hydrogen-bond donors (Lipinski definition) is 0. The molecule has 0 atom stereocenters. The molecular formula is C30H21F5N2O5S. The van der Waals surface area contributed by atoms with Crippen LogP contribution in [-0.2, 0) is 16.2 Å². The highest BCUT2D eigenvalue weighted by molar-refractivity contribution is 7.92. The SMILES string of the molecule is CN1C(=O)c2ccccc2C1=O.O=S(=O)(c1cccc(C(F)(F)F)c1)N1CCOc2ccc(-c3cc(F)ccc3F)cc21. The zero-order chi connectivity index (χ0) is 31.1. The van der Waals surface area contributed by atoms with E-state index in [0.29, 0.717) is 17.2 Å². The van der Waals surface area contributed by atoms with Gasteiger partial charge in [0.15, 0.2) is 0 Å². The summed E-state index contributed by atoms with van der Waals surface area (Å²) in [6.07, 6.45) is -4.71. The van der Waals surface area contributed by atoms with E-state index in [-0.39, 0.29) is 47.5 Å². The van der Waals surface area contributed by atoms with E-state index in [9.17, 15) is 40.0 Å². The third kappa shape index (κ3) is 5.67. The molecule has 0 saturated carbocycles. The molecule has 2 heterocycles. The minimum atomic E-state index is -4.71. The molecule has 2 aliphatic heterocycles.